The lowest BCUT2D eigenvalue weighted by Gasteiger charge is -2.57. The zero-order valence-electron chi connectivity index (χ0n) is 16.6. The molecule has 3 aliphatic carbocycles. The van der Waals surface area contributed by atoms with Crippen molar-refractivity contribution in [1.82, 2.24) is 0 Å². The molecule has 28 heavy (non-hydrogen) atoms. The first-order chi connectivity index (χ1) is 13.2. The molecule has 0 spiro atoms. The fourth-order valence-corrected chi connectivity index (χ4v) is 5.04. The first kappa shape index (κ1) is 18.6. The van der Waals surface area contributed by atoms with Crippen LogP contribution < -0.4 is 0 Å². The van der Waals surface area contributed by atoms with Crippen LogP contribution in [0.4, 0.5) is 0 Å². The molecule has 0 heterocycles. The van der Waals surface area contributed by atoms with Gasteiger partial charge in [-0.3, -0.25) is 14.4 Å². The summed E-state index contributed by atoms with van der Waals surface area (Å²) in [7, 11) is 1.28. The minimum absolute atomic E-state index is 0.110. The number of ether oxygens (including phenoxy) is 1. The predicted octanol–water partition coefficient (Wildman–Crippen LogP) is 3.79. The number of methoxy groups -OCH3 is 1. The molecule has 0 saturated heterocycles. The molecule has 0 bridgehead atoms. The van der Waals surface area contributed by atoms with Crippen LogP contribution in [0.1, 0.15) is 26.3 Å². The SMILES string of the molecule is COC(=O)[C@@]12C(=O)C=C(C(C)(C)C)C(=O)[C@@H]1[C@H]1/C(=C\c3ccccc3)C=C[C@H]12. The van der Waals surface area contributed by atoms with Crippen molar-refractivity contribution in [3.05, 3.63) is 65.3 Å². The van der Waals surface area contributed by atoms with E-state index in [0.717, 1.165) is 11.1 Å². The third kappa shape index (κ3) is 2.33. The molecule has 4 heteroatoms. The number of rotatable bonds is 2. The van der Waals surface area contributed by atoms with E-state index in [1.807, 2.05) is 69.3 Å². The van der Waals surface area contributed by atoms with Gasteiger partial charge in [-0.1, -0.05) is 69.3 Å². The Morgan fingerprint density at radius 3 is 2.43 bits per heavy atom. The molecule has 144 valence electrons. The summed E-state index contributed by atoms with van der Waals surface area (Å²) in [5, 5.41) is 0. The number of benzene rings is 1. The smallest absolute Gasteiger partial charge is 0.321 e. The van der Waals surface area contributed by atoms with Gasteiger partial charge in [-0.05, 0) is 22.6 Å². The number of allylic oxidation sites excluding steroid dienone is 5. The zero-order chi connectivity index (χ0) is 20.3. The third-order valence-electron chi connectivity index (χ3n) is 6.34. The summed E-state index contributed by atoms with van der Waals surface area (Å²) in [5.41, 5.74) is 0.617. The minimum Gasteiger partial charge on any atom is -0.468 e. The summed E-state index contributed by atoms with van der Waals surface area (Å²) in [6.45, 7) is 5.75. The van der Waals surface area contributed by atoms with Crippen molar-refractivity contribution in [3.8, 4) is 0 Å². The molecule has 0 amide bonds. The topological polar surface area (TPSA) is 60.4 Å². The van der Waals surface area contributed by atoms with Crippen LogP contribution in [0.25, 0.3) is 6.08 Å². The number of carbonyl (C=O) groups is 3. The summed E-state index contributed by atoms with van der Waals surface area (Å²) >= 11 is 0. The van der Waals surface area contributed by atoms with Crippen LogP contribution in [-0.2, 0) is 19.1 Å². The van der Waals surface area contributed by atoms with Gasteiger partial charge in [0, 0.05) is 17.4 Å². The average molecular weight is 376 g/mol. The third-order valence-corrected chi connectivity index (χ3v) is 6.34. The van der Waals surface area contributed by atoms with Crippen LogP contribution >= 0.6 is 0 Å². The molecular weight excluding hydrogens is 352 g/mol. The van der Waals surface area contributed by atoms with Gasteiger partial charge in [0.1, 0.15) is 5.41 Å². The summed E-state index contributed by atoms with van der Waals surface area (Å²) in [4.78, 5) is 39.5. The molecule has 0 unspecified atom stereocenters. The Labute approximate surface area is 165 Å². The maximum atomic E-state index is 13.5. The van der Waals surface area contributed by atoms with Crippen LogP contribution in [0.2, 0.25) is 0 Å². The average Bonchev–Trinajstić information content (AvgIpc) is 2.97. The van der Waals surface area contributed by atoms with Crippen molar-refractivity contribution >= 4 is 23.6 Å². The maximum Gasteiger partial charge on any atom is 0.321 e. The Kier molecular flexibility index (Phi) is 4.07. The van der Waals surface area contributed by atoms with E-state index in [-0.39, 0.29) is 23.4 Å². The van der Waals surface area contributed by atoms with Crippen molar-refractivity contribution in [2.24, 2.45) is 28.6 Å². The van der Waals surface area contributed by atoms with Crippen LogP contribution in [-0.4, -0.2) is 24.6 Å². The van der Waals surface area contributed by atoms with E-state index in [2.05, 4.69) is 0 Å². The monoisotopic (exact) mass is 376 g/mol. The molecule has 3 aliphatic rings. The van der Waals surface area contributed by atoms with Gasteiger partial charge in [0.2, 0.25) is 0 Å². The lowest BCUT2D eigenvalue weighted by Crippen LogP contribution is -2.68. The second-order valence-electron chi connectivity index (χ2n) is 8.84. The largest absolute Gasteiger partial charge is 0.468 e. The van der Waals surface area contributed by atoms with Crippen LogP contribution in [0.3, 0.4) is 0 Å². The Morgan fingerprint density at radius 2 is 1.82 bits per heavy atom. The van der Waals surface area contributed by atoms with Crippen molar-refractivity contribution in [2.45, 2.75) is 20.8 Å². The number of hydrogen-bond donors (Lipinski definition) is 0. The van der Waals surface area contributed by atoms with Crippen molar-refractivity contribution in [2.75, 3.05) is 7.11 Å². The van der Waals surface area contributed by atoms with Gasteiger partial charge in [-0.2, -0.15) is 0 Å². The highest BCUT2D eigenvalue weighted by Crippen LogP contribution is 2.66. The first-order valence-electron chi connectivity index (χ1n) is 9.57. The van der Waals surface area contributed by atoms with Gasteiger partial charge < -0.3 is 4.74 Å². The van der Waals surface area contributed by atoms with Gasteiger partial charge in [0.25, 0.3) is 0 Å². The quantitative estimate of drug-likeness (QED) is 0.582. The molecule has 1 aromatic carbocycles. The highest BCUT2D eigenvalue weighted by molar-refractivity contribution is 6.23. The number of Topliss-reactive ketones (excluding diaryl/α,β-unsaturated/α-hetero) is 1. The van der Waals surface area contributed by atoms with E-state index in [0.29, 0.717) is 5.57 Å². The lowest BCUT2D eigenvalue weighted by molar-refractivity contribution is -0.185. The summed E-state index contributed by atoms with van der Waals surface area (Å²) in [5.74, 6) is -2.24. The highest BCUT2D eigenvalue weighted by atomic mass is 16.5. The van der Waals surface area contributed by atoms with E-state index < -0.39 is 22.7 Å². The molecule has 4 atom stereocenters. The Bertz CT molecular complexity index is 958. The fraction of sp³-hybridized carbons (Fsp3) is 0.375. The van der Waals surface area contributed by atoms with Gasteiger partial charge >= 0.3 is 5.97 Å². The molecule has 0 radical (unpaired) electrons. The van der Waals surface area contributed by atoms with E-state index >= 15 is 0 Å². The van der Waals surface area contributed by atoms with Gasteiger partial charge in [-0.25, -0.2) is 0 Å². The fourth-order valence-electron chi connectivity index (χ4n) is 5.04. The Morgan fingerprint density at radius 1 is 1.14 bits per heavy atom. The molecule has 1 fully saturated rings. The standard InChI is InChI=1S/C24H24O4/c1-23(2,3)17-13-18(25)24(22(27)28-4)16-11-10-15(19(16)20(24)21(17)26)12-14-8-6-5-7-9-14/h5-13,16,19-20H,1-4H3/b15-12-/t16-,19+,20+,24+/m1/s1. The number of fused-ring (bicyclic) bond motifs is 4. The molecule has 4 nitrogen and oxygen atoms in total. The van der Waals surface area contributed by atoms with E-state index in [1.165, 1.54) is 13.2 Å². The van der Waals surface area contributed by atoms with E-state index in [4.69, 9.17) is 4.74 Å². The molecular formula is C24H24O4. The second-order valence-corrected chi connectivity index (χ2v) is 8.84. The normalized spacial score (nSPS) is 32.5. The molecule has 1 aromatic rings. The highest BCUT2D eigenvalue weighted by Gasteiger charge is 2.75. The Hall–Kier alpha value is -2.75. The maximum absolute atomic E-state index is 13.5. The number of ketones is 2. The minimum atomic E-state index is -1.42. The van der Waals surface area contributed by atoms with Crippen molar-refractivity contribution < 1.29 is 19.1 Å². The first-order valence-corrected chi connectivity index (χ1v) is 9.57. The summed E-state index contributed by atoms with van der Waals surface area (Å²) < 4.78 is 5.02. The summed E-state index contributed by atoms with van der Waals surface area (Å²) in [6.07, 6.45) is 7.27. The van der Waals surface area contributed by atoms with Crippen molar-refractivity contribution in [3.63, 3.8) is 0 Å². The molecule has 0 aromatic heterocycles. The predicted molar refractivity (Wildman–Crippen MR) is 106 cm³/mol. The van der Waals surface area contributed by atoms with Gasteiger partial charge in [0.05, 0.1) is 13.0 Å². The van der Waals surface area contributed by atoms with Gasteiger partial charge in [0.15, 0.2) is 11.6 Å². The number of esters is 1. The van der Waals surface area contributed by atoms with Crippen LogP contribution in [0.5, 0.6) is 0 Å². The lowest BCUT2D eigenvalue weighted by atomic mass is 9.41. The Balaban J connectivity index is 1.83. The van der Waals surface area contributed by atoms with Crippen LogP contribution in [0, 0.1) is 28.6 Å². The van der Waals surface area contributed by atoms with E-state index in [9.17, 15) is 14.4 Å². The molecule has 4 rings (SSSR count). The molecule has 0 N–H and O–H groups in total. The van der Waals surface area contributed by atoms with Crippen molar-refractivity contribution in [1.29, 1.82) is 0 Å². The molecule has 1 saturated carbocycles. The van der Waals surface area contributed by atoms with Gasteiger partial charge in [-0.15, -0.1) is 0 Å². The van der Waals surface area contributed by atoms with E-state index in [1.54, 1.807) is 0 Å². The number of carbonyl (C=O) groups excluding carboxylic acids is 3. The van der Waals surface area contributed by atoms with Crippen LogP contribution in [0.15, 0.2) is 59.7 Å². The zero-order valence-corrected chi connectivity index (χ0v) is 16.6. The number of hydrogen-bond acceptors (Lipinski definition) is 4. The summed E-state index contributed by atoms with van der Waals surface area (Å²) in [6, 6.07) is 9.85. The second kappa shape index (κ2) is 6.13. The molecule has 0 aliphatic heterocycles.